The third-order valence-corrected chi connectivity index (χ3v) is 6.82. The van der Waals surface area contributed by atoms with Crippen LogP contribution in [0.4, 0.5) is 0 Å². The number of hydrogen-bond donors (Lipinski definition) is 0. The van der Waals surface area contributed by atoms with E-state index >= 15 is 0 Å². The van der Waals surface area contributed by atoms with Gasteiger partial charge in [-0.15, -0.1) is 0 Å². The fourth-order valence-electron chi connectivity index (χ4n) is 4.66. The summed E-state index contributed by atoms with van der Waals surface area (Å²) in [7, 11) is 0. The summed E-state index contributed by atoms with van der Waals surface area (Å²) in [5.41, 5.74) is 3.48. The average Bonchev–Trinajstić information content (AvgIpc) is 3.58. The maximum Gasteiger partial charge on any atom is 0.237 e. The molecule has 35 heavy (non-hydrogen) atoms. The Morgan fingerprint density at radius 3 is 2.80 bits per heavy atom. The van der Waals surface area contributed by atoms with Gasteiger partial charge in [0.1, 0.15) is 23.3 Å². The number of amides is 1. The van der Waals surface area contributed by atoms with Crippen LogP contribution in [0.3, 0.4) is 0 Å². The van der Waals surface area contributed by atoms with Crippen molar-refractivity contribution in [2.75, 3.05) is 26.2 Å². The predicted octanol–water partition coefficient (Wildman–Crippen LogP) is 3.54. The molecular weight excluding hydrogens is 442 g/mol. The molecule has 2 fully saturated rings. The highest BCUT2D eigenvalue weighted by molar-refractivity contribution is 5.79. The van der Waals surface area contributed by atoms with E-state index in [4.69, 9.17) is 9.47 Å². The normalized spacial score (nSPS) is 19.6. The molecule has 178 valence electrons. The SMILES string of the molecule is N#Cc1ccc2cc1Oc1cc(cc(OCC3CC3)c1)CN1CCN(CC1=O)Cc1cncn1C2. The number of hydrogen-bond acceptors (Lipinski definition) is 6. The Bertz CT molecular complexity index is 1310. The third kappa shape index (κ3) is 4.86. The van der Waals surface area contributed by atoms with Crippen LogP contribution in [-0.2, 0) is 24.4 Å². The molecule has 0 radical (unpaired) electrons. The second-order valence-corrected chi connectivity index (χ2v) is 9.65. The molecule has 1 atom stereocenters. The molecule has 1 aromatic heterocycles. The Morgan fingerprint density at radius 1 is 1.06 bits per heavy atom. The first-order valence-corrected chi connectivity index (χ1v) is 12.1. The van der Waals surface area contributed by atoms with Crippen LogP contribution >= 0.6 is 0 Å². The number of rotatable bonds is 3. The summed E-state index contributed by atoms with van der Waals surface area (Å²) in [5, 5.41) is 9.69. The zero-order valence-electron chi connectivity index (χ0n) is 19.5. The number of imidazole rings is 1. The van der Waals surface area contributed by atoms with Crippen LogP contribution in [0.1, 0.15) is 35.2 Å². The molecule has 6 bridgehead atoms. The van der Waals surface area contributed by atoms with Crippen molar-refractivity contribution in [3.05, 3.63) is 71.3 Å². The second kappa shape index (κ2) is 9.08. The van der Waals surface area contributed by atoms with E-state index in [2.05, 4.69) is 20.5 Å². The van der Waals surface area contributed by atoms with Crippen LogP contribution in [0.5, 0.6) is 17.2 Å². The molecule has 3 aliphatic heterocycles. The summed E-state index contributed by atoms with van der Waals surface area (Å²) in [6.45, 7) is 4.29. The summed E-state index contributed by atoms with van der Waals surface area (Å²) < 4.78 is 14.4. The largest absolute Gasteiger partial charge is 0.493 e. The quantitative estimate of drug-likeness (QED) is 0.584. The van der Waals surface area contributed by atoms with Gasteiger partial charge in [0, 0.05) is 45.0 Å². The molecule has 1 aliphatic carbocycles. The molecule has 4 heterocycles. The van der Waals surface area contributed by atoms with Gasteiger partial charge in [-0.05, 0) is 54.2 Å². The Morgan fingerprint density at radius 2 is 1.97 bits per heavy atom. The molecule has 4 aliphatic rings. The lowest BCUT2D eigenvalue weighted by atomic mass is 10.1. The van der Waals surface area contributed by atoms with E-state index in [-0.39, 0.29) is 5.91 Å². The van der Waals surface area contributed by atoms with E-state index in [0.29, 0.717) is 62.3 Å². The predicted molar refractivity (Wildman–Crippen MR) is 128 cm³/mol. The van der Waals surface area contributed by atoms with Crippen molar-refractivity contribution >= 4 is 5.91 Å². The molecule has 2 aromatic carbocycles. The summed E-state index contributed by atoms with van der Waals surface area (Å²) in [6.07, 6.45) is 6.08. The van der Waals surface area contributed by atoms with Crippen LogP contribution in [0.25, 0.3) is 0 Å². The van der Waals surface area contributed by atoms with Crippen molar-refractivity contribution in [1.29, 1.82) is 5.26 Å². The van der Waals surface area contributed by atoms with Crippen molar-refractivity contribution in [2.24, 2.45) is 5.92 Å². The molecule has 0 N–H and O–H groups in total. The molecule has 8 nitrogen and oxygen atoms in total. The lowest BCUT2D eigenvalue weighted by Crippen LogP contribution is -2.49. The number of ether oxygens (including phenoxy) is 2. The molecule has 1 saturated carbocycles. The number of carbonyl (C=O) groups excluding carboxylic acids is 1. The van der Waals surface area contributed by atoms with Gasteiger partial charge in [-0.3, -0.25) is 9.69 Å². The number of piperazine rings is 1. The van der Waals surface area contributed by atoms with E-state index in [1.165, 1.54) is 12.8 Å². The maximum absolute atomic E-state index is 13.0. The van der Waals surface area contributed by atoms with E-state index in [1.807, 2.05) is 47.8 Å². The van der Waals surface area contributed by atoms with Gasteiger partial charge in [0.15, 0.2) is 0 Å². The number of nitriles is 1. The van der Waals surface area contributed by atoms with Crippen LogP contribution in [-0.4, -0.2) is 51.5 Å². The van der Waals surface area contributed by atoms with Gasteiger partial charge in [-0.1, -0.05) is 6.07 Å². The number of benzene rings is 2. The third-order valence-electron chi connectivity index (χ3n) is 6.82. The van der Waals surface area contributed by atoms with Crippen LogP contribution in [0, 0.1) is 17.2 Å². The standard InChI is InChI=1S/C27H27N5O3/c28-11-22-4-3-20-9-26(22)35-25-8-21(7-24(10-25)34-17-19-1-2-19)14-31-6-5-30(16-27(31)33)15-23-12-29-18-32(23)13-20/h3-4,7-10,12,18-19H,1-2,5-6,13-17H2. The van der Waals surface area contributed by atoms with Gasteiger partial charge in [0.25, 0.3) is 0 Å². The van der Waals surface area contributed by atoms with E-state index in [0.717, 1.165) is 29.1 Å². The first kappa shape index (κ1) is 21.7. The van der Waals surface area contributed by atoms with Gasteiger partial charge >= 0.3 is 0 Å². The lowest BCUT2D eigenvalue weighted by Gasteiger charge is -2.34. The molecule has 1 amide bonds. The molecular formula is C27H27N5O3. The molecule has 3 aromatic rings. The minimum atomic E-state index is 0.109. The fourth-order valence-corrected chi connectivity index (χ4v) is 4.66. The Hall–Kier alpha value is -3.83. The second-order valence-electron chi connectivity index (χ2n) is 9.65. The zero-order valence-corrected chi connectivity index (χ0v) is 19.5. The molecule has 1 saturated heterocycles. The minimum Gasteiger partial charge on any atom is -0.493 e. The van der Waals surface area contributed by atoms with Crippen molar-refractivity contribution in [1.82, 2.24) is 19.4 Å². The average molecular weight is 470 g/mol. The van der Waals surface area contributed by atoms with Crippen LogP contribution < -0.4 is 9.47 Å². The molecule has 7 rings (SSSR count). The highest BCUT2D eigenvalue weighted by Crippen LogP contribution is 2.34. The highest BCUT2D eigenvalue weighted by atomic mass is 16.5. The van der Waals surface area contributed by atoms with Crippen LogP contribution in [0.15, 0.2) is 48.9 Å². The van der Waals surface area contributed by atoms with Gasteiger partial charge in [-0.25, -0.2) is 4.98 Å². The topological polar surface area (TPSA) is 83.6 Å². The summed E-state index contributed by atoms with van der Waals surface area (Å²) in [4.78, 5) is 21.4. The van der Waals surface area contributed by atoms with Crippen molar-refractivity contribution in [2.45, 2.75) is 32.5 Å². The fraction of sp³-hybridized carbons (Fsp3) is 0.370. The lowest BCUT2D eigenvalue weighted by molar-refractivity contribution is -0.136. The van der Waals surface area contributed by atoms with E-state index < -0.39 is 0 Å². The zero-order chi connectivity index (χ0) is 23.8. The van der Waals surface area contributed by atoms with Crippen molar-refractivity contribution in [3.8, 4) is 23.3 Å². The number of fused-ring (bicyclic) bond motifs is 2. The minimum absolute atomic E-state index is 0.109. The van der Waals surface area contributed by atoms with Crippen molar-refractivity contribution in [3.63, 3.8) is 0 Å². The van der Waals surface area contributed by atoms with Gasteiger partial charge in [0.05, 0.1) is 30.7 Å². The highest BCUT2D eigenvalue weighted by Gasteiger charge is 2.26. The number of nitrogens with zero attached hydrogens (tertiary/aromatic N) is 5. The molecule has 8 heteroatoms. The van der Waals surface area contributed by atoms with Gasteiger partial charge in [0.2, 0.25) is 5.91 Å². The monoisotopic (exact) mass is 469 g/mol. The van der Waals surface area contributed by atoms with E-state index in [9.17, 15) is 10.1 Å². The summed E-state index contributed by atoms with van der Waals surface area (Å²) >= 11 is 0. The smallest absolute Gasteiger partial charge is 0.237 e. The molecule has 1 unspecified atom stereocenters. The number of aromatic nitrogens is 2. The van der Waals surface area contributed by atoms with Crippen LogP contribution in [0.2, 0.25) is 0 Å². The van der Waals surface area contributed by atoms with E-state index in [1.54, 1.807) is 6.07 Å². The summed E-state index contributed by atoms with van der Waals surface area (Å²) in [6, 6.07) is 13.7. The Labute approximate surface area is 204 Å². The number of carbonyl (C=O) groups is 1. The first-order valence-electron chi connectivity index (χ1n) is 12.1. The Balaban J connectivity index is 1.40. The molecule has 0 spiro atoms. The van der Waals surface area contributed by atoms with Gasteiger partial charge in [-0.2, -0.15) is 5.26 Å². The van der Waals surface area contributed by atoms with Gasteiger partial charge < -0.3 is 18.9 Å². The first-order chi connectivity index (χ1) is 17.1. The summed E-state index contributed by atoms with van der Waals surface area (Å²) in [5.74, 6) is 2.57. The Kier molecular flexibility index (Phi) is 5.63. The van der Waals surface area contributed by atoms with Crippen molar-refractivity contribution < 1.29 is 14.3 Å². The maximum atomic E-state index is 13.0.